The fraction of sp³-hybridized carbons (Fsp3) is 1.00. The minimum Gasteiger partial charge on any atom is -0.270 e. The fourth-order valence-electron chi connectivity index (χ4n) is 1.52. The molecule has 0 aliphatic heterocycles. The van der Waals surface area contributed by atoms with Crippen molar-refractivity contribution in [2.75, 3.05) is 17.7 Å². The van der Waals surface area contributed by atoms with E-state index >= 15 is 0 Å². The van der Waals surface area contributed by atoms with Crippen LogP contribution in [-0.2, 0) is 14.3 Å². The van der Waals surface area contributed by atoms with Crippen molar-refractivity contribution in [1.82, 2.24) is 0 Å². The summed E-state index contributed by atoms with van der Waals surface area (Å²) in [6.07, 6.45) is 6.73. The molecule has 110 valence electrons. The van der Waals surface area contributed by atoms with Crippen molar-refractivity contribution < 1.29 is 12.6 Å². The molecule has 0 saturated heterocycles. The lowest BCUT2D eigenvalue weighted by molar-refractivity contribution is 0.305. The van der Waals surface area contributed by atoms with Gasteiger partial charge in [0, 0.05) is 9.65 Å². The molecular formula is C12H24Br2O3S. The Morgan fingerprint density at radius 1 is 1.11 bits per heavy atom. The van der Waals surface area contributed by atoms with Crippen LogP contribution in [0.2, 0.25) is 0 Å². The number of hydrogen-bond acceptors (Lipinski definition) is 3. The van der Waals surface area contributed by atoms with Crippen LogP contribution >= 0.6 is 31.9 Å². The zero-order valence-corrected chi connectivity index (χ0v) is 15.2. The Bertz CT molecular complexity index is 302. The zero-order chi connectivity index (χ0) is 14.1. The van der Waals surface area contributed by atoms with E-state index in [0.717, 1.165) is 19.3 Å². The van der Waals surface area contributed by atoms with Crippen molar-refractivity contribution in [2.24, 2.45) is 0 Å². The van der Waals surface area contributed by atoms with Crippen LogP contribution in [0.4, 0.5) is 0 Å². The van der Waals surface area contributed by atoms with Crippen molar-refractivity contribution in [2.45, 2.75) is 56.7 Å². The van der Waals surface area contributed by atoms with Gasteiger partial charge in [0.05, 0.1) is 12.4 Å². The van der Waals surface area contributed by atoms with Crippen LogP contribution in [0.15, 0.2) is 0 Å². The van der Waals surface area contributed by atoms with Crippen LogP contribution in [0.3, 0.4) is 0 Å². The number of hydrogen-bond donors (Lipinski definition) is 0. The second kappa shape index (κ2) is 9.72. The molecule has 0 N–H and O–H groups in total. The molecular weight excluding hydrogens is 384 g/mol. The summed E-state index contributed by atoms with van der Waals surface area (Å²) in [5.41, 5.74) is 0. The van der Waals surface area contributed by atoms with Crippen molar-refractivity contribution in [3.63, 3.8) is 0 Å². The molecule has 1 unspecified atom stereocenters. The van der Waals surface area contributed by atoms with Crippen LogP contribution in [0, 0.1) is 0 Å². The highest BCUT2D eigenvalue weighted by Crippen LogP contribution is 2.22. The van der Waals surface area contributed by atoms with Gasteiger partial charge >= 0.3 is 0 Å². The predicted molar refractivity (Wildman–Crippen MR) is 84.2 cm³/mol. The van der Waals surface area contributed by atoms with Gasteiger partial charge < -0.3 is 0 Å². The summed E-state index contributed by atoms with van der Waals surface area (Å²) in [7, 11) is -3.43. The molecule has 0 bridgehead atoms. The quantitative estimate of drug-likeness (QED) is 0.292. The summed E-state index contributed by atoms with van der Waals surface area (Å²) in [5, 5.41) is 0.569. The molecule has 0 aromatic heterocycles. The first kappa shape index (κ1) is 18.9. The maximum atomic E-state index is 11.7. The molecule has 0 rings (SSSR count). The van der Waals surface area contributed by atoms with Crippen LogP contribution in [0.1, 0.15) is 52.4 Å². The maximum Gasteiger partial charge on any atom is 0.268 e. The molecule has 0 aromatic rings. The fourth-order valence-corrected chi connectivity index (χ4v) is 4.11. The standard InChI is InChI=1S/C12H24Br2O3S/c1-3-4-5-6-7-8-9-17-18(15,16)11-12(2,14)10-13/h3-11H2,1-2H3. The van der Waals surface area contributed by atoms with Gasteiger partial charge in [0.25, 0.3) is 10.1 Å². The minimum atomic E-state index is -3.43. The molecule has 0 heterocycles. The molecule has 0 saturated carbocycles. The smallest absolute Gasteiger partial charge is 0.268 e. The van der Waals surface area contributed by atoms with E-state index in [1.54, 1.807) is 0 Å². The van der Waals surface area contributed by atoms with Gasteiger partial charge in [-0.3, -0.25) is 4.18 Å². The van der Waals surface area contributed by atoms with Gasteiger partial charge in [-0.15, -0.1) is 0 Å². The molecule has 3 nitrogen and oxygen atoms in total. The zero-order valence-electron chi connectivity index (χ0n) is 11.3. The summed E-state index contributed by atoms with van der Waals surface area (Å²) in [6.45, 7) is 4.31. The summed E-state index contributed by atoms with van der Waals surface area (Å²) in [4.78, 5) is 0. The molecule has 0 radical (unpaired) electrons. The molecule has 1 atom stereocenters. The van der Waals surface area contributed by atoms with E-state index in [1.165, 1.54) is 19.3 Å². The Hall–Kier alpha value is 0.870. The van der Waals surface area contributed by atoms with Crippen molar-refractivity contribution in [3.8, 4) is 0 Å². The van der Waals surface area contributed by atoms with E-state index in [9.17, 15) is 8.42 Å². The van der Waals surface area contributed by atoms with Gasteiger partial charge in [0.2, 0.25) is 0 Å². The first-order valence-corrected chi connectivity index (χ1v) is 9.94. The lowest BCUT2D eigenvalue weighted by Crippen LogP contribution is -2.30. The van der Waals surface area contributed by atoms with Crippen molar-refractivity contribution in [3.05, 3.63) is 0 Å². The van der Waals surface area contributed by atoms with Gasteiger partial charge in [-0.2, -0.15) is 8.42 Å². The first-order chi connectivity index (χ1) is 8.33. The Balaban J connectivity index is 3.72. The second-order valence-electron chi connectivity index (χ2n) is 4.84. The third kappa shape index (κ3) is 10.8. The number of alkyl halides is 2. The topological polar surface area (TPSA) is 43.4 Å². The van der Waals surface area contributed by atoms with E-state index in [-0.39, 0.29) is 5.75 Å². The summed E-state index contributed by atoms with van der Waals surface area (Å²) < 4.78 is 27.9. The van der Waals surface area contributed by atoms with Gasteiger partial charge in [0.1, 0.15) is 0 Å². The van der Waals surface area contributed by atoms with Crippen molar-refractivity contribution in [1.29, 1.82) is 0 Å². The largest absolute Gasteiger partial charge is 0.270 e. The van der Waals surface area contributed by atoms with E-state index < -0.39 is 14.4 Å². The number of unbranched alkanes of at least 4 members (excludes halogenated alkanes) is 5. The average Bonchev–Trinajstić information content (AvgIpc) is 2.26. The predicted octanol–water partition coefficient (Wildman–Crippen LogP) is 4.24. The third-order valence-corrected chi connectivity index (χ3v) is 6.96. The molecule has 18 heavy (non-hydrogen) atoms. The maximum absolute atomic E-state index is 11.7. The molecule has 0 spiro atoms. The Kier molecular flexibility index (Phi) is 10.2. The Labute approximate surface area is 128 Å². The molecule has 0 aliphatic carbocycles. The second-order valence-corrected chi connectivity index (χ2v) is 8.95. The van der Waals surface area contributed by atoms with E-state index in [2.05, 4.69) is 38.8 Å². The summed E-state index contributed by atoms with van der Waals surface area (Å²) in [5.74, 6) is -0.0128. The van der Waals surface area contributed by atoms with E-state index in [1.807, 2.05) is 6.92 Å². The van der Waals surface area contributed by atoms with E-state index in [0.29, 0.717) is 11.9 Å². The SMILES string of the molecule is CCCCCCCCOS(=O)(=O)CC(C)(Br)CBr. The van der Waals surface area contributed by atoms with Gasteiger partial charge in [0.15, 0.2) is 0 Å². The third-order valence-electron chi connectivity index (χ3n) is 2.52. The summed E-state index contributed by atoms with van der Waals surface area (Å²) in [6, 6.07) is 0. The number of halogens is 2. The average molecular weight is 408 g/mol. The Morgan fingerprint density at radius 2 is 1.67 bits per heavy atom. The molecule has 0 aliphatic rings. The van der Waals surface area contributed by atoms with Crippen molar-refractivity contribution >= 4 is 42.0 Å². The highest BCUT2D eigenvalue weighted by atomic mass is 79.9. The first-order valence-electron chi connectivity index (χ1n) is 6.45. The highest BCUT2D eigenvalue weighted by Gasteiger charge is 2.27. The normalized spacial score (nSPS) is 15.6. The molecule has 0 amide bonds. The highest BCUT2D eigenvalue weighted by molar-refractivity contribution is 9.12. The van der Waals surface area contributed by atoms with Crippen LogP contribution in [0.25, 0.3) is 0 Å². The number of rotatable bonds is 11. The van der Waals surface area contributed by atoms with Crippen LogP contribution < -0.4 is 0 Å². The van der Waals surface area contributed by atoms with Crippen LogP contribution in [0.5, 0.6) is 0 Å². The molecule has 0 aromatic carbocycles. The van der Waals surface area contributed by atoms with E-state index in [4.69, 9.17) is 4.18 Å². The lowest BCUT2D eigenvalue weighted by Gasteiger charge is -2.18. The van der Waals surface area contributed by atoms with Gasteiger partial charge in [-0.1, -0.05) is 70.9 Å². The summed E-state index contributed by atoms with van der Waals surface area (Å²) >= 11 is 6.64. The van der Waals surface area contributed by atoms with Gasteiger partial charge in [-0.25, -0.2) is 0 Å². The van der Waals surface area contributed by atoms with Gasteiger partial charge in [-0.05, 0) is 13.3 Å². The monoisotopic (exact) mass is 406 g/mol. The molecule has 6 heteroatoms. The van der Waals surface area contributed by atoms with Crippen LogP contribution in [-0.4, -0.2) is 30.4 Å². The minimum absolute atomic E-state index is 0.0128. The Morgan fingerprint density at radius 3 is 2.22 bits per heavy atom. The molecule has 0 fully saturated rings. The lowest BCUT2D eigenvalue weighted by atomic mass is 10.1.